The lowest BCUT2D eigenvalue weighted by molar-refractivity contribution is -0.164. The second kappa shape index (κ2) is 4.63. The molecular formula is C13H17F3N2O2. The Balaban J connectivity index is 1.65. The van der Waals surface area contributed by atoms with Crippen LogP contribution in [0, 0.1) is 5.92 Å². The van der Waals surface area contributed by atoms with Crippen molar-refractivity contribution in [3.63, 3.8) is 0 Å². The number of amides is 2. The maximum absolute atomic E-state index is 12.6. The molecule has 1 unspecified atom stereocenters. The van der Waals surface area contributed by atoms with E-state index in [0.717, 1.165) is 17.7 Å². The molecule has 3 aliphatic rings. The molecule has 0 bridgehead atoms. The fourth-order valence-electron chi connectivity index (χ4n) is 2.84. The van der Waals surface area contributed by atoms with E-state index in [4.69, 9.17) is 0 Å². The van der Waals surface area contributed by atoms with Gasteiger partial charge in [-0.2, -0.15) is 13.2 Å². The average Bonchev–Trinajstić information content (AvgIpc) is 3.22. The van der Waals surface area contributed by atoms with Gasteiger partial charge in [0.15, 0.2) is 0 Å². The summed E-state index contributed by atoms with van der Waals surface area (Å²) in [7, 11) is 0. The second-order valence-corrected chi connectivity index (χ2v) is 5.99. The van der Waals surface area contributed by atoms with Crippen LogP contribution in [-0.4, -0.2) is 53.0 Å². The molecule has 3 rings (SSSR count). The minimum absolute atomic E-state index is 0.0659. The predicted molar refractivity (Wildman–Crippen MR) is 63.6 cm³/mol. The van der Waals surface area contributed by atoms with E-state index >= 15 is 0 Å². The summed E-state index contributed by atoms with van der Waals surface area (Å²) in [6.07, 6.45) is -1.15. The van der Waals surface area contributed by atoms with Crippen molar-refractivity contribution in [1.82, 2.24) is 9.80 Å². The summed E-state index contributed by atoms with van der Waals surface area (Å²) < 4.78 is 37.7. The molecule has 112 valence electrons. The zero-order chi connectivity index (χ0) is 14.5. The molecule has 0 aromatic carbocycles. The van der Waals surface area contributed by atoms with Crippen LogP contribution in [0.25, 0.3) is 0 Å². The third-order valence-electron chi connectivity index (χ3n) is 4.12. The quantitative estimate of drug-likeness (QED) is 0.788. The van der Waals surface area contributed by atoms with Crippen molar-refractivity contribution in [3.8, 4) is 0 Å². The molecule has 1 saturated heterocycles. The smallest absolute Gasteiger partial charge is 0.339 e. The van der Waals surface area contributed by atoms with Gasteiger partial charge in [0.1, 0.15) is 6.54 Å². The van der Waals surface area contributed by atoms with E-state index in [0.29, 0.717) is 19.4 Å². The number of likely N-dealkylation sites (tertiary alicyclic amines) is 1. The number of alkyl halides is 3. The Morgan fingerprint density at radius 2 is 1.90 bits per heavy atom. The van der Waals surface area contributed by atoms with Crippen LogP contribution >= 0.6 is 0 Å². The Morgan fingerprint density at radius 1 is 1.25 bits per heavy atom. The second-order valence-electron chi connectivity index (χ2n) is 5.99. The highest BCUT2D eigenvalue weighted by Gasteiger charge is 2.47. The van der Waals surface area contributed by atoms with E-state index < -0.39 is 24.5 Å². The summed E-state index contributed by atoms with van der Waals surface area (Å²) in [5.74, 6) is -1.18. The first-order valence-electron chi connectivity index (χ1n) is 7.02. The van der Waals surface area contributed by atoms with E-state index in [1.807, 2.05) is 0 Å². The van der Waals surface area contributed by atoms with E-state index in [2.05, 4.69) is 0 Å². The fraction of sp³-hybridized carbons (Fsp3) is 0.846. The standard InChI is InChI=1S/C13H17F3N2O2/c14-13(15,16)7-18(10-3-4-10)12(20)8-5-11(19)17(6-8)9-1-2-9/h8-10H,1-7H2. The van der Waals surface area contributed by atoms with Gasteiger partial charge in [0.2, 0.25) is 11.8 Å². The van der Waals surface area contributed by atoms with E-state index in [1.165, 1.54) is 0 Å². The Hall–Kier alpha value is -1.27. The lowest BCUT2D eigenvalue weighted by Gasteiger charge is -2.26. The number of nitrogens with zero attached hydrogens (tertiary/aromatic N) is 2. The van der Waals surface area contributed by atoms with Gasteiger partial charge in [0.05, 0.1) is 5.92 Å². The molecule has 0 spiro atoms. The number of halogens is 3. The van der Waals surface area contributed by atoms with Crippen LogP contribution in [0.2, 0.25) is 0 Å². The van der Waals surface area contributed by atoms with Crippen LogP contribution in [-0.2, 0) is 9.59 Å². The van der Waals surface area contributed by atoms with Gasteiger partial charge < -0.3 is 9.80 Å². The SMILES string of the molecule is O=C1CC(C(=O)N(CC(F)(F)F)C2CC2)CN1C1CC1. The molecule has 0 radical (unpaired) electrons. The van der Waals surface area contributed by atoms with Crippen LogP contribution in [0.5, 0.6) is 0 Å². The maximum atomic E-state index is 12.6. The van der Waals surface area contributed by atoms with Gasteiger partial charge in [0, 0.05) is 25.0 Å². The molecule has 3 fully saturated rings. The molecule has 2 aliphatic carbocycles. The summed E-state index contributed by atoms with van der Waals surface area (Å²) in [4.78, 5) is 26.7. The van der Waals surface area contributed by atoms with Crippen molar-refractivity contribution >= 4 is 11.8 Å². The maximum Gasteiger partial charge on any atom is 0.406 e. The van der Waals surface area contributed by atoms with Crippen LogP contribution in [0.3, 0.4) is 0 Å². The number of hydrogen-bond acceptors (Lipinski definition) is 2. The first-order chi connectivity index (χ1) is 9.35. The van der Waals surface area contributed by atoms with Crippen LogP contribution in [0.4, 0.5) is 13.2 Å². The van der Waals surface area contributed by atoms with Gasteiger partial charge in [0.25, 0.3) is 0 Å². The van der Waals surface area contributed by atoms with Gasteiger partial charge >= 0.3 is 6.18 Å². The highest BCUT2D eigenvalue weighted by molar-refractivity contribution is 5.89. The van der Waals surface area contributed by atoms with Crippen LogP contribution in [0.15, 0.2) is 0 Å². The number of carbonyl (C=O) groups is 2. The zero-order valence-corrected chi connectivity index (χ0v) is 11.0. The Kier molecular flexibility index (Phi) is 3.17. The average molecular weight is 290 g/mol. The largest absolute Gasteiger partial charge is 0.406 e. The van der Waals surface area contributed by atoms with E-state index in [1.54, 1.807) is 4.90 Å². The first-order valence-corrected chi connectivity index (χ1v) is 7.02. The highest BCUT2D eigenvalue weighted by Crippen LogP contribution is 2.36. The molecule has 7 heteroatoms. The van der Waals surface area contributed by atoms with Gasteiger partial charge in [-0.15, -0.1) is 0 Å². The van der Waals surface area contributed by atoms with Crippen molar-refractivity contribution < 1.29 is 22.8 Å². The first kappa shape index (κ1) is 13.7. The van der Waals surface area contributed by atoms with Crippen molar-refractivity contribution in [2.24, 2.45) is 5.92 Å². The zero-order valence-electron chi connectivity index (χ0n) is 11.0. The summed E-state index contributed by atoms with van der Waals surface area (Å²) in [5.41, 5.74) is 0. The Bertz CT molecular complexity index is 430. The molecule has 1 atom stereocenters. The highest BCUT2D eigenvalue weighted by atomic mass is 19.4. The molecule has 1 aliphatic heterocycles. The minimum Gasteiger partial charge on any atom is -0.339 e. The summed E-state index contributed by atoms with van der Waals surface area (Å²) in [5, 5.41) is 0. The molecule has 0 aromatic heterocycles. The van der Waals surface area contributed by atoms with Gasteiger partial charge in [-0.05, 0) is 25.7 Å². The molecule has 4 nitrogen and oxygen atoms in total. The minimum atomic E-state index is -4.38. The van der Waals surface area contributed by atoms with Crippen molar-refractivity contribution in [2.45, 2.75) is 50.4 Å². The molecule has 0 N–H and O–H groups in total. The van der Waals surface area contributed by atoms with Gasteiger partial charge in [-0.1, -0.05) is 0 Å². The molecule has 2 amide bonds. The number of rotatable bonds is 4. The topological polar surface area (TPSA) is 40.6 Å². The molecule has 2 saturated carbocycles. The van der Waals surface area contributed by atoms with Crippen molar-refractivity contribution in [1.29, 1.82) is 0 Å². The normalized spacial score (nSPS) is 27.1. The van der Waals surface area contributed by atoms with E-state index in [-0.39, 0.29) is 24.4 Å². The molecule has 20 heavy (non-hydrogen) atoms. The summed E-state index contributed by atoms with van der Waals surface area (Å²) in [6, 6.07) is -0.0634. The third-order valence-corrected chi connectivity index (χ3v) is 4.12. The molecule has 0 aromatic rings. The fourth-order valence-corrected chi connectivity index (χ4v) is 2.84. The Morgan fingerprint density at radius 3 is 2.40 bits per heavy atom. The molecule has 1 heterocycles. The third kappa shape index (κ3) is 2.91. The monoisotopic (exact) mass is 290 g/mol. The summed E-state index contributed by atoms with van der Waals surface area (Å²) >= 11 is 0. The lowest BCUT2D eigenvalue weighted by Crippen LogP contribution is -2.44. The van der Waals surface area contributed by atoms with E-state index in [9.17, 15) is 22.8 Å². The van der Waals surface area contributed by atoms with Crippen molar-refractivity contribution in [3.05, 3.63) is 0 Å². The van der Waals surface area contributed by atoms with Crippen LogP contribution in [0.1, 0.15) is 32.1 Å². The molecular weight excluding hydrogens is 273 g/mol. The predicted octanol–water partition coefficient (Wildman–Crippen LogP) is 1.55. The van der Waals surface area contributed by atoms with Crippen molar-refractivity contribution in [2.75, 3.05) is 13.1 Å². The van der Waals surface area contributed by atoms with Gasteiger partial charge in [-0.3, -0.25) is 9.59 Å². The Labute approximate surface area is 114 Å². The number of carbonyl (C=O) groups excluding carboxylic acids is 2. The summed E-state index contributed by atoms with van der Waals surface area (Å²) in [6.45, 7) is -0.895. The van der Waals surface area contributed by atoms with Crippen LogP contribution < -0.4 is 0 Å². The lowest BCUT2D eigenvalue weighted by atomic mass is 10.1. The number of hydrogen-bond donors (Lipinski definition) is 0. The van der Waals surface area contributed by atoms with Gasteiger partial charge in [-0.25, -0.2) is 0 Å².